The van der Waals surface area contributed by atoms with Crippen LogP contribution in [-0.2, 0) is 0 Å². The minimum Gasteiger partial charge on any atom is -0.308 e. The van der Waals surface area contributed by atoms with E-state index in [0.717, 1.165) is 193 Å². The summed E-state index contributed by atoms with van der Waals surface area (Å²) in [6.45, 7) is 8.48. The van der Waals surface area contributed by atoms with Crippen LogP contribution in [0, 0.1) is 73.0 Å². The highest BCUT2D eigenvalue weighted by molar-refractivity contribution is 6.17. The number of aryl methyl sites for hydroxylation is 4. The summed E-state index contributed by atoms with van der Waals surface area (Å²) in [4.78, 5) is 0. The van der Waals surface area contributed by atoms with E-state index in [1.54, 1.807) is 0 Å². The van der Waals surface area contributed by atoms with Crippen LogP contribution in [0.5, 0.6) is 0 Å². The third-order valence-electron chi connectivity index (χ3n) is 22.7. The molecule has 0 N–H and O–H groups in total. The van der Waals surface area contributed by atoms with Gasteiger partial charge in [0.25, 0.3) is 0 Å². The Morgan fingerprint density at radius 1 is 0.188 bits per heavy atom. The van der Waals surface area contributed by atoms with Crippen LogP contribution in [0.25, 0.3) is 188 Å². The Morgan fingerprint density at radius 2 is 0.491 bits per heavy atom. The van der Waals surface area contributed by atoms with Crippen molar-refractivity contribution in [2.24, 2.45) is 0 Å². The van der Waals surface area contributed by atoms with Crippen LogP contribution in [0.15, 0.2) is 328 Å². The van der Waals surface area contributed by atoms with E-state index >= 15 is 0 Å². The Labute approximate surface area is 647 Å². The quantitative estimate of drug-likeness (QED) is 0.128. The van der Waals surface area contributed by atoms with E-state index in [-0.39, 0.29) is 0 Å². The highest BCUT2D eigenvalue weighted by Crippen LogP contribution is 2.49. The van der Waals surface area contributed by atoms with Crippen molar-refractivity contribution < 1.29 is 0 Å². The topological polar surface area (TPSA) is 115 Å². The number of aromatic nitrogens is 4. The minimum atomic E-state index is 0.481. The minimum absolute atomic E-state index is 0.481. The van der Waals surface area contributed by atoms with E-state index < -0.39 is 0 Å². The van der Waals surface area contributed by atoms with Crippen molar-refractivity contribution in [1.82, 2.24) is 18.3 Å². The van der Waals surface area contributed by atoms with Crippen LogP contribution in [0.2, 0.25) is 0 Å². The molecule has 20 aromatic rings. The van der Waals surface area contributed by atoms with Gasteiger partial charge in [-0.3, -0.25) is 0 Å². The fraction of sp³-hybridized carbons (Fsp3) is 0.0385. The first-order chi connectivity index (χ1) is 54.9. The third-order valence-corrected chi connectivity index (χ3v) is 22.7. The van der Waals surface area contributed by atoms with Gasteiger partial charge in [-0.25, -0.2) is 0 Å². The van der Waals surface area contributed by atoms with Crippen molar-refractivity contribution in [2.75, 3.05) is 0 Å². The number of para-hydroxylation sites is 3. The van der Waals surface area contributed by atoms with Crippen molar-refractivity contribution in [3.05, 3.63) is 372 Å². The summed E-state index contributed by atoms with van der Waals surface area (Å²) in [7, 11) is 0. The van der Waals surface area contributed by atoms with Crippen molar-refractivity contribution in [3.8, 4) is 125 Å². The van der Waals surface area contributed by atoms with Crippen LogP contribution < -0.4 is 0 Å². The van der Waals surface area contributed by atoms with Gasteiger partial charge in [0.2, 0.25) is 0 Å². The predicted octanol–water partition coefficient (Wildman–Crippen LogP) is 26.5. The lowest BCUT2D eigenvalue weighted by Gasteiger charge is -2.21. The normalized spacial score (nSPS) is 11.5. The number of hydrogen-bond donors (Lipinski definition) is 0. The first-order valence-electron chi connectivity index (χ1n) is 37.7. The Kier molecular flexibility index (Phi) is 15.5. The number of rotatable bonds is 11. The largest absolute Gasteiger partial charge is 0.308 e. The van der Waals surface area contributed by atoms with Gasteiger partial charge in [-0.1, -0.05) is 235 Å². The Bertz CT molecular complexity index is 7570. The zero-order valence-electron chi connectivity index (χ0n) is 61.8. The molecule has 0 amide bonds. The molecule has 0 aliphatic carbocycles. The van der Waals surface area contributed by atoms with Crippen molar-refractivity contribution in [1.29, 1.82) is 21.0 Å². The summed E-state index contributed by atoms with van der Waals surface area (Å²) in [6.07, 6.45) is 0. The average molecular weight is 1430 g/mol. The van der Waals surface area contributed by atoms with Crippen molar-refractivity contribution in [2.45, 2.75) is 27.7 Å². The molecule has 0 saturated carbocycles. The average Bonchev–Trinajstić information content (AvgIpc) is 1.54. The van der Waals surface area contributed by atoms with E-state index in [1.807, 2.05) is 60.7 Å². The van der Waals surface area contributed by atoms with Crippen LogP contribution in [0.4, 0.5) is 0 Å². The molecule has 0 spiro atoms. The van der Waals surface area contributed by atoms with Gasteiger partial charge < -0.3 is 18.3 Å². The molecule has 0 unspecified atom stereocenters. The lowest BCUT2D eigenvalue weighted by Crippen LogP contribution is -2.05. The van der Waals surface area contributed by atoms with Crippen molar-refractivity contribution in [3.63, 3.8) is 0 Å². The van der Waals surface area contributed by atoms with Gasteiger partial charge in [0.05, 0.1) is 113 Å². The number of nitrogens with zero attached hydrogens (tertiary/aromatic N) is 8. The molecule has 20 rings (SSSR count). The highest BCUT2D eigenvalue weighted by atomic mass is 15.0. The second-order valence-electron chi connectivity index (χ2n) is 29.6. The van der Waals surface area contributed by atoms with Gasteiger partial charge in [0.1, 0.15) is 0 Å². The zero-order valence-corrected chi connectivity index (χ0v) is 61.8. The lowest BCUT2D eigenvalue weighted by molar-refractivity contribution is 1.13. The van der Waals surface area contributed by atoms with Gasteiger partial charge >= 0.3 is 0 Å². The first-order valence-corrected chi connectivity index (χ1v) is 37.7. The smallest absolute Gasteiger partial charge is 0.0993 e. The molecule has 0 fully saturated rings. The molecule has 0 aliphatic rings. The first kappa shape index (κ1) is 66.1. The molecular formula is C104H66N8. The van der Waals surface area contributed by atoms with Crippen LogP contribution >= 0.6 is 0 Å². The monoisotopic (exact) mass is 1430 g/mol. The van der Waals surface area contributed by atoms with Gasteiger partial charge in [-0.15, -0.1) is 0 Å². The summed E-state index contributed by atoms with van der Waals surface area (Å²) in [5.74, 6) is 0. The molecule has 4 heterocycles. The Balaban J connectivity index is 0.816. The summed E-state index contributed by atoms with van der Waals surface area (Å²) in [6, 6.07) is 126. The fourth-order valence-corrected chi connectivity index (χ4v) is 17.4. The second-order valence-corrected chi connectivity index (χ2v) is 29.6. The molecule has 0 bridgehead atoms. The number of hydrogen-bond acceptors (Lipinski definition) is 4. The van der Waals surface area contributed by atoms with Crippen LogP contribution in [-0.4, -0.2) is 18.3 Å². The van der Waals surface area contributed by atoms with Gasteiger partial charge in [-0.2, -0.15) is 21.0 Å². The maximum Gasteiger partial charge on any atom is 0.0993 e. The summed E-state index contributed by atoms with van der Waals surface area (Å²) >= 11 is 0. The predicted molar refractivity (Wildman–Crippen MR) is 460 cm³/mol. The van der Waals surface area contributed by atoms with Crippen LogP contribution in [0.3, 0.4) is 0 Å². The SMILES string of the molecule is Cc1ccc(-c2ccc3c(c2)c2ccccc2n3-c2cc(C#N)cc(-n3c4ccc(-c5ccc(C)cc5)cc4c4cc(-c5cc(C)ccc5-c5ccc6c7ccccc7n(-c7cc(C#N)cc(-n8c9ccccc9c9ccc(-c%10ccc(C)cc%10)cc98)c7-c7cccc(C#N)c7)c6c5)ccc43)c2-c2cccc(C#N)c2)cc1. The summed E-state index contributed by atoms with van der Waals surface area (Å²) in [5.41, 5.74) is 31.6. The summed E-state index contributed by atoms with van der Waals surface area (Å²) < 4.78 is 9.29. The Hall–Kier alpha value is -15.3. The standard InChI is InChI=1S/C104H66N8/c1-63-23-30-71(31-24-63)74-38-44-94-88(54-74)84-19-7-10-22-93(84)109(94)99-50-69(61-107)51-100(103(99)79-15-11-13-67(48-79)59-105)110-95-45-39-75(72-32-25-64(2)26-33-72)55-89(95)90-56-77(40-46-96(90)110)87-47-66(4)29-41-81(87)78-37-43-86-83-18-6-9-21-92(83)112(98(86)58-78)102-53-70(62-108)52-101(104(102)80-16-12-14-68(49-80)60-106)111-91-20-8-5-17-82(91)85-42-36-76(57-97(85)111)73-34-27-65(3)28-35-73/h5-58H,1-4H3. The third kappa shape index (κ3) is 10.8. The van der Waals surface area contributed by atoms with E-state index in [9.17, 15) is 21.0 Å². The molecular weight excluding hydrogens is 1360 g/mol. The summed E-state index contributed by atoms with van der Waals surface area (Å²) in [5, 5.41) is 52.7. The van der Waals surface area contributed by atoms with E-state index in [1.165, 1.54) is 16.7 Å². The molecule has 0 saturated heterocycles. The maximum atomic E-state index is 11.4. The molecule has 0 atom stereocenters. The van der Waals surface area contributed by atoms with Crippen LogP contribution in [0.1, 0.15) is 44.5 Å². The molecule has 112 heavy (non-hydrogen) atoms. The number of benzene rings is 16. The van der Waals surface area contributed by atoms with Crippen molar-refractivity contribution >= 4 is 87.2 Å². The molecule has 0 aliphatic heterocycles. The Morgan fingerprint density at radius 3 is 0.920 bits per heavy atom. The molecule has 4 aromatic heterocycles. The van der Waals surface area contributed by atoms with E-state index in [0.29, 0.717) is 22.3 Å². The lowest BCUT2D eigenvalue weighted by atomic mass is 9.91. The molecule has 8 nitrogen and oxygen atoms in total. The zero-order chi connectivity index (χ0) is 75.6. The van der Waals surface area contributed by atoms with Gasteiger partial charge in [0, 0.05) is 54.2 Å². The highest BCUT2D eigenvalue weighted by Gasteiger charge is 2.28. The van der Waals surface area contributed by atoms with Gasteiger partial charge in [0.15, 0.2) is 0 Å². The number of fused-ring (bicyclic) bond motifs is 12. The van der Waals surface area contributed by atoms with Gasteiger partial charge in [-0.05, 0) is 210 Å². The fourth-order valence-electron chi connectivity index (χ4n) is 17.4. The maximum absolute atomic E-state index is 11.4. The van der Waals surface area contributed by atoms with E-state index in [2.05, 4.69) is 337 Å². The molecule has 522 valence electrons. The second kappa shape index (κ2) is 26.3. The number of nitriles is 4. The molecule has 16 aromatic carbocycles. The molecule has 0 radical (unpaired) electrons. The van der Waals surface area contributed by atoms with E-state index in [4.69, 9.17) is 0 Å². The molecule has 8 heteroatoms.